The fraction of sp³-hybridized carbons (Fsp3) is 0.449. The van der Waals surface area contributed by atoms with Crippen molar-refractivity contribution in [3.8, 4) is 5.75 Å². The summed E-state index contributed by atoms with van der Waals surface area (Å²) in [5, 5.41) is 55.2. The molecule has 1 fully saturated rings. The number of aromatic nitrogens is 1. The van der Waals surface area contributed by atoms with Crippen LogP contribution in [-0.2, 0) is 78.4 Å². The minimum absolute atomic E-state index is 0.00531. The highest BCUT2D eigenvalue weighted by Crippen LogP contribution is 2.24. The van der Waals surface area contributed by atoms with E-state index in [9.17, 15) is 43.8 Å². The maximum absolute atomic E-state index is 15.2. The number of fused-ring (bicyclic) bond motifs is 2. The molecular weight excluding hydrogens is 1430 g/mol. The summed E-state index contributed by atoms with van der Waals surface area (Å²) < 4.78 is 0. The zero-order chi connectivity index (χ0) is 80.0. The number of aliphatic imine (C=N–C) groups is 2. The summed E-state index contributed by atoms with van der Waals surface area (Å²) >= 11 is 6.29. The molecule has 0 spiro atoms. The smallest absolute Gasteiger partial charge is 0.245 e. The van der Waals surface area contributed by atoms with Crippen molar-refractivity contribution in [2.75, 3.05) is 39.3 Å². The number of unbranched alkanes of at least 4 members (excludes halogenated alkanes) is 1. The first kappa shape index (κ1) is 85.9. The predicted octanol–water partition coefficient (Wildman–Crippen LogP) is 1.67. The highest BCUT2D eigenvalue weighted by atomic mass is 35.5. The van der Waals surface area contributed by atoms with E-state index in [1.807, 2.05) is 62.4 Å². The second-order valence-electron chi connectivity index (χ2n) is 27.7. The van der Waals surface area contributed by atoms with Crippen molar-refractivity contribution in [3.05, 3.63) is 149 Å². The first-order chi connectivity index (χ1) is 52.6. The lowest BCUT2D eigenvalue weighted by molar-refractivity contribution is -0.142. The number of nitrogens with one attached hydrogen (secondary N) is 12. The van der Waals surface area contributed by atoms with E-state index in [0.717, 1.165) is 10.8 Å². The maximum Gasteiger partial charge on any atom is 0.245 e. The second-order valence-corrected chi connectivity index (χ2v) is 28.1. The Kier molecular flexibility index (Phi) is 33.6. The number of H-pyrrole nitrogens is 1. The molecule has 1 aliphatic rings. The summed E-state index contributed by atoms with van der Waals surface area (Å²) in [5.74, 6) is -8.77. The van der Waals surface area contributed by atoms with Gasteiger partial charge in [0, 0.05) is 87.5 Å². The number of benzene rings is 5. The number of aromatic amines is 1. The molecule has 0 unspecified atom stereocenters. The predicted molar refractivity (Wildman–Crippen MR) is 419 cm³/mol. The standard InChI is InChI=1S/C78H105ClN18O13/c1-7-83-78(84-8-2)86-34-14-13-21-58(68(102)93-62(40-49-27-32-55(100)33-28-49)71(105)92-60(37-45(3)4)69(103)91-59(22-15-35-85-77(81)82)76(110)97-36-16-23-66(97)75(109)88-46(5)67(80)101)90-74(108)65(44-98)96-73(107)64(42-53-43-87-57-20-12-11-19-56(53)57)95-72(106)63(39-48-25-30-54(79)31-26-48)94-70(104)61(89-47(6)99)41-50-24-29-51-17-9-10-18-52(51)38-50/h9-12,17-20,24-33,38,43,45-46,58-66,87,98,100H,7-8,13-16,21-23,34-37,39-42,44H2,1-6H3,(H2,80,101)(H,88,109)(H,89,99)(H,90,108)(H,91,103)(H,92,105)(H,93,102)(H,94,104)(H,95,106)(H,96,107)(H4,81,82,85)(H2,83,84,86)/t46-,58+,59+,60+,61-,62-,63-,64-,65+,66+/m1/s1. The second kappa shape index (κ2) is 43.0. The molecule has 5 aromatic carbocycles. The van der Waals surface area contributed by atoms with E-state index in [0.29, 0.717) is 70.1 Å². The van der Waals surface area contributed by atoms with Gasteiger partial charge in [-0.3, -0.25) is 62.7 Å². The molecule has 20 N–H and O–H groups in total. The molecule has 0 bridgehead atoms. The van der Waals surface area contributed by atoms with Gasteiger partial charge in [-0.15, -0.1) is 0 Å². The molecule has 592 valence electrons. The quantitative estimate of drug-likeness (QED) is 0.0147. The average Bonchev–Trinajstić information content (AvgIpc) is 1.66. The number of guanidine groups is 2. The molecule has 0 radical (unpaired) electrons. The number of hydrogen-bond donors (Lipinski definition) is 17. The number of para-hydroxylation sites is 1. The summed E-state index contributed by atoms with van der Waals surface area (Å²) in [6.07, 6.45) is 2.44. The zero-order valence-corrected chi connectivity index (χ0v) is 63.7. The summed E-state index contributed by atoms with van der Waals surface area (Å²) in [6.45, 7) is 10.6. The normalized spacial score (nSPS) is 15.0. The maximum atomic E-state index is 15.2. The van der Waals surface area contributed by atoms with Crippen molar-refractivity contribution in [2.24, 2.45) is 33.1 Å². The summed E-state index contributed by atoms with van der Waals surface area (Å²) in [6, 6.07) is 19.1. The van der Waals surface area contributed by atoms with E-state index in [1.165, 1.54) is 43.0 Å². The molecule has 110 heavy (non-hydrogen) atoms. The molecule has 1 aromatic heterocycles. The van der Waals surface area contributed by atoms with Crippen LogP contribution in [0.3, 0.4) is 0 Å². The van der Waals surface area contributed by atoms with E-state index in [2.05, 4.69) is 73.5 Å². The lowest BCUT2D eigenvalue weighted by atomic mass is 9.99. The van der Waals surface area contributed by atoms with Gasteiger partial charge in [-0.25, -0.2) is 0 Å². The highest BCUT2D eigenvalue weighted by Gasteiger charge is 2.40. The number of aliphatic hydroxyl groups excluding tert-OH is 1. The van der Waals surface area contributed by atoms with Gasteiger partial charge in [0.2, 0.25) is 65.0 Å². The molecule has 10 atom stereocenters. The van der Waals surface area contributed by atoms with Crippen LogP contribution in [0, 0.1) is 5.92 Å². The lowest BCUT2D eigenvalue weighted by Crippen LogP contribution is -2.61. The van der Waals surface area contributed by atoms with Crippen molar-refractivity contribution in [3.63, 3.8) is 0 Å². The number of phenols is 1. The summed E-state index contributed by atoms with van der Waals surface area (Å²) in [4.78, 5) is 171. The van der Waals surface area contributed by atoms with Gasteiger partial charge in [-0.2, -0.15) is 0 Å². The number of amides is 11. The number of primary amides is 1. The van der Waals surface area contributed by atoms with E-state index in [4.69, 9.17) is 28.8 Å². The van der Waals surface area contributed by atoms with E-state index >= 15 is 19.2 Å². The highest BCUT2D eigenvalue weighted by molar-refractivity contribution is 6.30. The van der Waals surface area contributed by atoms with Crippen molar-refractivity contribution in [2.45, 2.75) is 179 Å². The van der Waals surface area contributed by atoms with Crippen LogP contribution in [0.15, 0.2) is 131 Å². The molecule has 31 nitrogen and oxygen atoms in total. The number of rotatable bonds is 41. The van der Waals surface area contributed by atoms with E-state index < -0.39 is 132 Å². The van der Waals surface area contributed by atoms with Crippen molar-refractivity contribution >= 4 is 110 Å². The number of halogens is 1. The molecule has 6 aromatic rings. The molecule has 1 saturated heterocycles. The molecular formula is C78H105ClN18O13. The minimum Gasteiger partial charge on any atom is -0.508 e. The minimum atomic E-state index is -1.81. The van der Waals surface area contributed by atoms with Crippen molar-refractivity contribution < 1.29 is 63.0 Å². The molecule has 0 saturated carbocycles. The number of phenolic OH excluding ortho intramolecular Hbond substituents is 1. The Bertz CT molecular complexity index is 4200. The molecule has 2 heterocycles. The van der Waals surface area contributed by atoms with Crippen LogP contribution in [0.1, 0.15) is 115 Å². The topological polar surface area (TPSA) is 482 Å². The van der Waals surface area contributed by atoms with Crippen LogP contribution in [0.4, 0.5) is 0 Å². The van der Waals surface area contributed by atoms with E-state index in [-0.39, 0.29) is 101 Å². The Balaban J connectivity index is 1.17. The Morgan fingerprint density at radius 1 is 0.555 bits per heavy atom. The lowest BCUT2D eigenvalue weighted by Gasteiger charge is -2.31. The fourth-order valence-corrected chi connectivity index (χ4v) is 12.9. The average molecular weight is 1540 g/mol. The van der Waals surface area contributed by atoms with Crippen LogP contribution in [0.2, 0.25) is 5.02 Å². The van der Waals surface area contributed by atoms with Crippen LogP contribution in [0.5, 0.6) is 5.75 Å². The Morgan fingerprint density at radius 2 is 1.05 bits per heavy atom. The number of hydrogen-bond acceptors (Lipinski definition) is 15. The van der Waals surface area contributed by atoms with Crippen LogP contribution < -0.4 is 75.7 Å². The van der Waals surface area contributed by atoms with E-state index in [1.54, 1.807) is 62.5 Å². The molecule has 7 rings (SSSR count). The number of aromatic hydroxyl groups is 1. The van der Waals surface area contributed by atoms with Gasteiger partial charge in [0.15, 0.2) is 11.9 Å². The molecule has 1 aliphatic heterocycles. The van der Waals surface area contributed by atoms with Crippen molar-refractivity contribution in [1.82, 2.24) is 68.4 Å². The summed E-state index contributed by atoms with van der Waals surface area (Å²) in [5.41, 5.74) is 19.6. The SMILES string of the molecule is CCNC(=NCCCC[C@H](NC(=O)[C@H](CO)NC(=O)[C@@H](Cc1c[nH]c2ccccc12)NC(=O)[C@@H](Cc1ccc(Cl)cc1)NC(=O)[C@@H](Cc1ccc2ccccc2c1)NC(C)=O)C(=O)N[C@H](Cc1ccc(O)cc1)C(=O)N[C@@H](CC(C)C)C(=O)N[C@@H](CCCN=C(N)N)C(=O)N1CCC[C@H]1C(=O)N[C@H](C)C(N)=O)NCC. The van der Waals surface area contributed by atoms with Gasteiger partial charge in [-0.1, -0.05) is 110 Å². The van der Waals surface area contributed by atoms with Crippen LogP contribution in [0.25, 0.3) is 21.7 Å². The van der Waals surface area contributed by atoms with Crippen LogP contribution >= 0.6 is 11.6 Å². The summed E-state index contributed by atoms with van der Waals surface area (Å²) in [7, 11) is 0. The third kappa shape index (κ3) is 26.8. The van der Waals surface area contributed by atoms with Gasteiger partial charge in [0.25, 0.3) is 0 Å². The first-order valence-corrected chi connectivity index (χ1v) is 37.5. The number of likely N-dealkylation sites (tertiary alicyclic amines) is 1. The Morgan fingerprint density at radius 3 is 1.65 bits per heavy atom. The molecule has 11 amide bonds. The molecule has 32 heteroatoms. The largest absolute Gasteiger partial charge is 0.508 e. The zero-order valence-electron chi connectivity index (χ0n) is 63.0. The van der Waals surface area contributed by atoms with Crippen LogP contribution in [-0.4, -0.2) is 197 Å². The number of carbonyl (C=O) groups is 11. The Hall–Kier alpha value is -11.3. The van der Waals surface area contributed by atoms with Gasteiger partial charge < -0.3 is 95.8 Å². The van der Waals surface area contributed by atoms with Gasteiger partial charge >= 0.3 is 0 Å². The van der Waals surface area contributed by atoms with Gasteiger partial charge in [0.05, 0.1) is 6.61 Å². The number of carbonyl (C=O) groups excluding carboxylic acids is 11. The third-order valence-electron chi connectivity index (χ3n) is 18.5. The van der Waals surface area contributed by atoms with Gasteiger partial charge in [0.1, 0.15) is 66.2 Å². The number of nitrogens with zero attached hydrogens (tertiary/aromatic N) is 3. The molecule has 0 aliphatic carbocycles. The number of nitrogens with two attached hydrogens (primary N) is 3. The fourth-order valence-electron chi connectivity index (χ4n) is 12.8. The van der Waals surface area contributed by atoms with Crippen molar-refractivity contribution in [1.29, 1.82) is 0 Å². The van der Waals surface area contributed by atoms with Gasteiger partial charge in [-0.05, 0) is 141 Å². The Labute approximate surface area is 644 Å². The monoisotopic (exact) mass is 1540 g/mol. The number of aliphatic hydroxyl groups is 1. The first-order valence-electron chi connectivity index (χ1n) is 37.2. The third-order valence-corrected chi connectivity index (χ3v) is 18.8.